The quantitative estimate of drug-likeness (QED) is 0.390. The Kier molecular flexibility index (Phi) is 6.83. The maximum atomic E-state index is 13.4. The summed E-state index contributed by atoms with van der Waals surface area (Å²) in [4.78, 5) is 32.5. The van der Waals surface area contributed by atoms with Gasteiger partial charge in [-0.05, 0) is 61.5 Å². The van der Waals surface area contributed by atoms with E-state index < -0.39 is 17.1 Å². The first-order valence-electron chi connectivity index (χ1n) is 11.8. The number of aromatic nitrogens is 5. The van der Waals surface area contributed by atoms with E-state index in [0.717, 1.165) is 56.1 Å². The number of ether oxygens (including phenoxy) is 1. The van der Waals surface area contributed by atoms with Gasteiger partial charge in [0.05, 0.1) is 18.9 Å². The fourth-order valence-electron chi connectivity index (χ4n) is 4.14. The molecule has 36 heavy (non-hydrogen) atoms. The SMILES string of the molecule is Cn1c(=O)c2nc(-c3ccc(NCCCN4CCOCC4)cc3)nnc2n(-c2ccc(F)cc2)c1=O. The number of hydrogen-bond donors (Lipinski definition) is 1. The number of fused-ring (bicyclic) bond motifs is 1. The van der Waals surface area contributed by atoms with Crippen molar-refractivity contribution >= 4 is 16.9 Å². The normalized spacial score (nSPS) is 14.3. The number of benzene rings is 2. The second-order valence-electron chi connectivity index (χ2n) is 8.58. The maximum Gasteiger partial charge on any atom is 0.337 e. The molecule has 1 saturated heterocycles. The molecule has 0 spiro atoms. The lowest BCUT2D eigenvalue weighted by molar-refractivity contribution is 0.0378. The number of morpholine rings is 1. The molecule has 2 aromatic carbocycles. The lowest BCUT2D eigenvalue weighted by Gasteiger charge is -2.26. The Morgan fingerprint density at radius 1 is 1.00 bits per heavy atom. The number of nitrogens with zero attached hydrogens (tertiary/aromatic N) is 6. The second-order valence-corrected chi connectivity index (χ2v) is 8.58. The first-order chi connectivity index (χ1) is 17.5. The van der Waals surface area contributed by atoms with Gasteiger partial charge in [-0.25, -0.2) is 18.7 Å². The molecular weight excluding hydrogens is 465 g/mol. The van der Waals surface area contributed by atoms with Gasteiger partial charge in [-0.15, -0.1) is 10.2 Å². The minimum absolute atomic E-state index is 0.00302. The Balaban J connectivity index is 1.36. The highest BCUT2D eigenvalue weighted by Crippen LogP contribution is 2.19. The predicted octanol–water partition coefficient (Wildman–Crippen LogP) is 1.81. The van der Waals surface area contributed by atoms with Crippen LogP contribution in [0.4, 0.5) is 10.1 Å². The molecule has 10 nitrogen and oxygen atoms in total. The average Bonchev–Trinajstić information content (AvgIpc) is 2.92. The molecule has 1 aliphatic heterocycles. The number of anilines is 1. The summed E-state index contributed by atoms with van der Waals surface area (Å²) in [6.45, 7) is 5.45. The smallest absolute Gasteiger partial charge is 0.337 e. The monoisotopic (exact) mass is 491 g/mol. The average molecular weight is 492 g/mol. The minimum atomic E-state index is -0.619. The Labute approximate surface area is 206 Å². The molecule has 1 fully saturated rings. The van der Waals surface area contributed by atoms with E-state index in [9.17, 15) is 14.0 Å². The first kappa shape index (κ1) is 23.8. The van der Waals surface area contributed by atoms with E-state index in [0.29, 0.717) is 11.3 Å². The van der Waals surface area contributed by atoms with Crippen molar-refractivity contribution in [2.75, 3.05) is 44.7 Å². The van der Waals surface area contributed by atoms with Crippen LogP contribution in [0.3, 0.4) is 0 Å². The summed E-state index contributed by atoms with van der Waals surface area (Å²) >= 11 is 0. The van der Waals surface area contributed by atoms with E-state index in [2.05, 4.69) is 25.4 Å². The third kappa shape index (κ3) is 4.88. The number of hydrogen-bond acceptors (Lipinski definition) is 8. The number of halogens is 1. The van der Waals surface area contributed by atoms with Crippen molar-refractivity contribution in [3.8, 4) is 17.1 Å². The van der Waals surface area contributed by atoms with E-state index in [4.69, 9.17) is 4.74 Å². The van der Waals surface area contributed by atoms with Crippen molar-refractivity contribution in [2.24, 2.45) is 7.05 Å². The van der Waals surface area contributed by atoms with E-state index in [1.165, 1.54) is 35.9 Å². The summed E-state index contributed by atoms with van der Waals surface area (Å²) in [6, 6.07) is 12.9. The fourth-order valence-corrected chi connectivity index (χ4v) is 4.14. The largest absolute Gasteiger partial charge is 0.385 e. The van der Waals surface area contributed by atoms with Crippen LogP contribution >= 0.6 is 0 Å². The molecule has 0 unspecified atom stereocenters. The van der Waals surface area contributed by atoms with Gasteiger partial charge in [0, 0.05) is 37.9 Å². The third-order valence-electron chi connectivity index (χ3n) is 6.18. The molecule has 0 radical (unpaired) electrons. The van der Waals surface area contributed by atoms with Gasteiger partial charge in [0.25, 0.3) is 5.56 Å². The Hall–Kier alpha value is -3.96. The van der Waals surface area contributed by atoms with Crippen LogP contribution in [-0.4, -0.2) is 68.6 Å². The zero-order valence-corrected chi connectivity index (χ0v) is 19.9. The van der Waals surface area contributed by atoms with Gasteiger partial charge in [0.15, 0.2) is 17.0 Å². The number of nitrogens with one attached hydrogen (secondary N) is 1. The summed E-state index contributed by atoms with van der Waals surface area (Å²) in [5.41, 5.74) is 0.819. The molecular formula is C25H26FN7O3. The van der Waals surface area contributed by atoms with Gasteiger partial charge in [0.2, 0.25) is 0 Å². The van der Waals surface area contributed by atoms with Crippen molar-refractivity contribution in [3.05, 3.63) is 75.2 Å². The van der Waals surface area contributed by atoms with Gasteiger partial charge < -0.3 is 10.1 Å². The van der Waals surface area contributed by atoms with Crippen molar-refractivity contribution in [3.63, 3.8) is 0 Å². The van der Waals surface area contributed by atoms with Crippen LogP contribution in [0, 0.1) is 5.82 Å². The molecule has 1 aliphatic rings. The van der Waals surface area contributed by atoms with Crippen LogP contribution in [0.25, 0.3) is 28.2 Å². The van der Waals surface area contributed by atoms with Gasteiger partial charge >= 0.3 is 5.69 Å². The summed E-state index contributed by atoms with van der Waals surface area (Å²) in [5.74, 6) is -0.176. The lowest BCUT2D eigenvalue weighted by atomic mass is 10.2. The fraction of sp³-hybridized carbons (Fsp3) is 0.320. The zero-order chi connectivity index (χ0) is 25.1. The van der Waals surface area contributed by atoms with Gasteiger partial charge in [-0.2, -0.15) is 0 Å². The second kappa shape index (κ2) is 10.3. The van der Waals surface area contributed by atoms with Crippen molar-refractivity contribution < 1.29 is 9.13 Å². The molecule has 0 amide bonds. The molecule has 5 rings (SSSR count). The molecule has 3 heterocycles. The summed E-state index contributed by atoms with van der Waals surface area (Å²) < 4.78 is 20.9. The molecule has 186 valence electrons. The van der Waals surface area contributed by atoms with E-state index in [-0.39, 0.29) is 17.0 Å². The van der Waals surface area contributed by atoms with Crippen molar-refractivity contribution in [1.82, 2.24) is 29.2 Å². The highest BCUT2D eigenvalue weighted by atomic mass is 19.1. The molecule has 2 aromatic heterocycles. The molecule has 0 aliphatic carbocycles. The zero-order valence-electron chi connectivity index (χ0n) is 19.9. The standard InChI is InChI=1S/C25H26FN7O3/c1-31-24(34)21-23(33(25(31)35)20-9-5-18(26)6-10-20)30-29-22(28-21)17-3-7-19(8-4-17)27-11-2-12-32-13-15-36-16-14-32/h3-10,27H,2,11-16H2,1H3. The third-order valence-corrected chi connectivity index (χ3v) is 6.18. The van der Waals surface area contributed by atoms with E-state index in [1.54, 1.807) is 0 Å². The topological polar surface area (TPSA) is 107 Å². The highest BCUT2D eigenvalue weighted by Gasteiger charge is 2.17. The van der Waals surface area contributed by atoms with Crippen LogP contribution in [0.5, 0.6) is 0 Å². The molecule has 4 aromatic rings. The van der Waals surface area contributed by atoms with Gasteiger partial charge in [-0.1, -0.05) is 0 Å². The summed E-state index contributed by atoms with van der Waals surface area (Å²) in [6.07, 6.45) is 1.03. The van der Waals surface area contributed by atoms with Crippen LogP contribution < -0.4 is 16.6 Å². The Bertz CT molecular complexity index is 1480. The van der Waals surface area contributed by atoms with Crippen molar-refractivity contribution in [2.45, 2.75) is 6.42 Å². The predicted molar refractivity (Wildman–Crippen MR) is 134 cm³/mol. The van der Waals surface area contributed by atoms with Gasteiger partial charge in [-0.3, -0.25) is 14.3 Å². The Morgan fingerprint density at radius 2 is 1.72 bits per heavy atom. The van der Waals surface area contributed by atoms with Crippen LogP contribution in [0.2, 0.25) is 0 Å². The van der Waals surface area contributed by atoms with E-state index >= 15 is 0 Å². The Morgan fingerprint density at radius 3 is 2.44 bits per heavy atom. The maximum absolute atomic E-state index is 13.4. The van der Waals surface area contributed by atoms with E-state index in [1.807, 2.05) is 24.3 Å². The van der Waals surface area contributed by atoms with Crippen molar-refractivity contribution in [1.29, 1.82) is 0 Å². The molecule has 0 saturated carbocycles. The van der Waals surface area contributed by atoms with Crippen LogP contribution in [-0.2, 0) is 11.8 Å². The molecule has 0 bridgehead atoms. The summed E-state index contributed by atoms with van der Waals surface area (Å²) in [7, 11) is 1.37. The van der Waals surface area contributed by atoms with Crippen LogP contribution in [0.1, 0.15) is 6.42 Å². The lowest BCUT2D eigenvalue weighted by Crippen LogP contribution is -2.38. The highest BCUT2D eigenvalue weighted by molar-refractivity contribution is 5.73. The molecule has 0 atom stereocenters. The van der Waals surface area contributed by atoms with Crippen LogP contribution in [0.15, 0.2) is 58.1 Å². The minimum Gasteiger partial charge on any atom is -0.385 e. The summed E-state index contributed by atoms with van der Waals surface area (Å²) in [5, 5.41) is 11.7. The first-order valence-corrected chi connectivity index (χ1v) is 11.8. The van der Waals surface area contributed by atoms with Gasteiger partial charge in [0.1, 0.15) is 5.82 Å². The molecule has 1 N–H and O–H groups in total. The number of rotatable bonds is 7. The molecule has 11 heteroatoms.